The first-order chi connectivity index (χ1) is 16.4. The Balaban J connectivity index is 1.39. The summed E-state index contributed by atoms with van der Waals surface area (Å²) >= 11 is 0. The molecule has 1 aliphatic heterocycles. The Kier molecular flexibility index (Phi) is 8.86. The number of carbonyl (C=O) groups is 2. The molecule has 0 spiro atoms. The van der Waals surface area contributed by atoms with Crippen molar-refractivity contribution in [3.63, 3.8) is 0 Å². The van der Waals surface area contributed by atoms with E-state index in [1.165, 1.54) is 18.4 Å². The Morgan fingerprint density at radius 1 is 1.29 bits per heavy atom. The van der Waals surface area contributed by atoms with Gasteiger partial charge in [0, 0.05) is 32.2 Å². The lowest BCUT2D eigenvalue weighted by molar-refractivity contribution is -0.132. The van der Waals surface area contributed by atoms with E-state index < -0.39 is 17.8 Å². The summed E-state index contributed by atoms with van der Waals surface area (Å²) in [6, 6.07) is 6.69. The van der Waals surface area contributed by atoms with Crippen LogP contribution in [-0.2, 0) is 4.79 Å². The van der Waals surface area contributed by atoms with Gasteiger partial charge in [0.1, 0.15) is 17.6 Å². The number of halogens is 1. The summed E-state index contributed by atoms with van der Waals surface area (Å²) in [5.41, 5.74) is 5.42. The molecule has 1 aromatic carbocycles. The number of amidine groups is 1. The molecule has 0 aliphatic carbocycles. The van der Waals surface area contributed by atoms with Gasteiger partial charge in [0.05, 0.1) is 18.4 Å². The van der Waals surface area contributed by atoms with Gasteiger partial charge in [-0.3, -0.25) is 9.59 Å². The van der Waals surface area contributed by atoms with Crippen LogP contribution in [0.2, 0.25) is 0 Å². The molecular formula is C23H30FN5O5. The highest BCUT2D eigenvalue weighted by Gasteiger charge is 2.25. The third kappa shape index (κ3) is 6.70. The predicted octanol–water partition coefficient (Wildman–Crippen LogP) is 1.63. The van der Waals surface area contributed by atoms with Crippen LogP contribution in [0.25, 0.3) is 0 Å². The lowest BCUT2D eigenvalue weighted by atomic mass is 10.2. The zero-order valence-corrected chi connectivity index (χ0v) is 19.1. The van der Waals surface area contributed by atoms with Crippen LogP contribution >= 0.6 is 0 Å². The molecule has 0 bridgehead atoms. The number of amides is 2. The highest BCUT2D eigenvalue weighted by Crippen LogP contribution is 2.17. The number of hydrogen-bond donors (Lipinski definition) is 3. The SMILES string of the molecule is CC(NC(=O)c1ccco1)C(=O)N1CCCN(CCCOc2ccc(C(N)=NO)c(F)c2)CC1. The molecule has 2 aromatic rings. The third-order valence-electron chi connectivity index (χ3n) is 5.57. The number of ether oxygens (including phenoxy) is 1. The van der Waals surface area contributed by atoms with Crippen molar-refractivity contribution in [3.8, 4) is 5.75 Å². The fourth-order valence-corrected chi connectivity index (χ4v) is 3.75. The van der Waals surface area contributed by atoms with Crippen molar-refractivity contribution in [1.82, 2.24) is 15.1 Å². The van der Waals surface area contributed by atoms with Crippen LogP contribution in [0, 0.1) is 5.82 Å². The van der Waals surface area contributed by atoms with Crippen molar-refractivity contribution >= 4 is 17.6 Å². The average molecular weight is 476 g/mol. The Morgan fingerprint density at radius 2 is 2.12 bits per heavy atom. The predicted molar refractivity (Wildman–Crippen MR) is 122 cm³/mol. The highest BCUT2D eigenvalue weighted by molar-refractivity contribution is 5.97. The van der Waals surface area contributed by atoms with E-state index in [1.807, 2.05) is 0 Å². The number of oxime groups is 1. The molecule has 11 heteroatoms. The lowest BCUT2D eigenvalue weighted by Crippen LogP contribution is -2.48. The van der Waals surface area contributed by atoms with Gasteiger partial charge < -0.3 is 35.2 Å². The number of nitrogens with one attached hydrogen (secondary N) is 1. The molecule has 1 aliphatic rings. The van der Waals surface area contributed by atoms with Crippen molar-refractivity contribution in [2.75, 3.05) is 39.3 Å². The first kappa shape index (κ1) is 25.0. The quantitative estimate of drug-likeness (QED) is 0.165. The van der Waals surface area contributed by atoms with Gasteiger partial charge in [-0.25, -0.2) is 4.39 Å². The van der Waals surface area contributed by atoms with Gasteiger partial charge in [0.2, 0.25) is 5.91 Å². The lowest BCUT2D eigenvalue weighted by Gasteiger charge is -2.25. The summed E-state index contributed by atoms with van der Waals surface area (Å²) in [7, 11) is 0. The maximum Gasteiger partial charge on any atom is 0.287 e. The summed E-state index contributed by atoms with van der Waals surface area (Å²) in [6.07, 6.45) is 2.97. The number of hydrogen-bond acceptors (Lipinski definition) is 7. The van der Waals surface area contributed by atoms with Crippen LogP contribution in [-0.4, -0.2) is 78.0 Å². The summed E-state index contributed by atoms with van der Waals surface area (Å²) in [5, 5.41) is 14.1. The van der Waals surface area contributed by atoms with E-state index in [0.29, 0.717) is 32.0 Å². The Bertz CT molecular complexity index is 998. The first-order valence-corrected chi connectivity index (χ1v) is 11.1. The molecule has 3 rings (SSSR count). The molecule has 1 saturated heterocycles. The van der Waals surface area contributed by atoms with E-state index in [2.05, 4.69) is 15.4 Å². The van der Waals surface area contributed by atoms with E-state index in [4.69, 9.17) is 20.1 Å². The van der Waals surface area contributed by atoms with Crippen molar-refractivity contribution in [2.24, 2.45) is 10.9 Å². The molecule has 1 fully saturated rings. The van der Waals surface area contributed by atoms with E-state index in [0.717, 1.165) is 25.9 Å². The standard InChI is InChI=1S/C23H30FN5O5/c1-16(26-22(30)20-5-2-13-34-20)23(31)29-10-3-8-28(11-12-29)9-4-14-33-17-6-7-18(19(24)15-17)21(25)27-32/h2,5-7,13,15-16,32H,3-4,8-12,14H2,1H3,(H2,25,27)(H,26,30). The fraction of sp³-hybridized carbons (Fsp3) is 0.435. The molecule has 0 radical (unpaired) electrons. The maximum atomic E-state index is 14.0. The monoisotopic (exact) mass is 475 g/mol. The number of nitrogens with two attached hydrogens (primary N) is 1. The Morgan fingerprint density at radius 3 is 2.82 bits per heavy atom. The minimum absolute atomic E-state index is 0.00775. The first-order valence-electron chi connectivity index (χ1n) is 11.1. The molecule has 184 valence electrons. The molecule has 1 unspecified atom stereocenters. The smallest absolute Gasteiger partial charge is 0.287 e. The Labute approximate surface area is 197 Å². The number of benzene rings is 1. The van der Waals surface area contributed by atoms with Crippen LogP contribution in [0.3, 0.4) is 0 Å². The van der Waals surface area contributed by atoms with Crippen LogP contribution in [0.1, 0.15) is 35.9 Å². The van der Waals surface area contributed by atoms with Crippen LogP contribution in [0.15, 0.2) is 46.2 Å². The fourth-order valence-electron chi connectivity index (χ4n) is 3.75. The third-order valence-corrected chi connectivity index (χ3v) is 5.57. The average Bonchev–Trinajstić information content (AvgIpc) is 3.27. The molecule has 1 aromatic heterocycles. The topological polar surface area (TPSA) is 134 Å². The summed E-state index contributed by atoms with van der Waals surface area (Å²) < 4.78 is 24.7. The molecule has 0 saturated carbocycles. The molecule has 4 N–H and O–H groups in total. The molecule has 10 nitrogen and oxygen atoms in total. The van der Waals surface area contributed by atoms with Crippen molar-refractivity contribution in [2.45, 2.75) is 25.8 Å². The van der Waals surface area contributed by atoms with Gasteiger partial charge in [-0.05, 0) is 50.6 Å². The van der Waals surface area contributed by atoms with E-state index in [-0.39, 0.29) is 23.1 Å². The maximum absolute atomic E-state index is 14.0. The van der Waals surface area contributed by atoms with Crippen LogP contribution < -0.4 is 15.8 Å². The summed E-state index contributed by atoms with van der Waals surface area (Å²) in [4.78, 5) is 28.9. The van der Waals surface area contributed by atoms with Crippen molar-refractivity contribution in [1.29, 1.82) is 0 Å². The largest absolute Gasteiger partial charge is 0.493 e. The van der Waals surface area contributed by atoms with Gasteiger partial charge in [-0.15, -0.1) is 0 Å². The second kappa shape index (κ2) is 12.0. The number of furan rings is 1. The van der Waals surface area contributed by atoms with Crippen LogP contribution in [0.4, 0.5) is 4.39 Å². The van der Waals surface area contributed by atoms with Gasteiger partial charge in [0.15, 0.2) is 11.6 Å². The second-order valence-corrected chi connectivity index (χ2v) is 8.02. The minimum Gasteiger partial charge on any atom is -0.493 e. The summed E-state index contributed by atoms with van der Waals surface area (Å²) in [6.45, 7) is 5.60. The molecular weight excluding hydrogens is 445 g/mol. The van der Waals surface area contributed by atoms with Crippen LogP contribution in [0.5, 0.6) is 5.75 Å². The molecule has 2 heterocycles. The Hall–Kier alpha value is -3.60. The molecule has 34 heavy (non-hydrogen) atoms. The number of rotatable bonds is 9. The van der Waals surface area contributed by atoms with E-state index in [9.17, 15) is 14.0 Å². The van der Waals surface area contributed by atoms with E-state index in [1.54, 1.807) is 30.0 Å². The minimum atomic E-state index is -0.650. The van der Waals surface area contributed by atoms with Gasteiger partial charge in [-0.2, -0.15) is 0 Å². The zero-order valence-electron chi connectivity index (χ0n) is 19.1. The molecule has 2 amide bonds. The zero-order chi connectivity index (χ0) is 24.5. The van der Waals surface area contributed by atoms with E-state index >= 15 is 0 Å². The van der Waals surface area contributed by atoms with Gasteiger partial charge in [-0.1, -0.05) is 5.16 Å². The normalized spacial score (nSPS) is 16.1. The number of carbonyl (C=O) groups excluding carboxylic acids is 2. The highest BCUT2D eigenvalue weighted by atomic mass is 19.1. The number of nitrogens with zero attached hydrogens (tertiary/aromatic N) is 3. The van der Waals surface area contributed by atoms with Gasteiger partial charge >= 0.3 is 0 Å². The van der Waals surface area contributed by atoms with Crippen molar-refractivity contribution < 1.29 is 28.3 Å². The van der Waals surface area contributed by atoms with Gasteiger partial charge in [0.25, 0.3) is 5.91 Å². The van der Waals surface area contributed by atoms with Crippen molar-refractivity contribution in [3.05, 3.63) is 53.7 Å². The second-order valence-electron chi connectivity index (χ2n) is 8.02. The summed E-state index contributed by atoms with van der Waals surface area (Å²) in [5.74, 6) is -0.924. The molecule has 1 atom stereocenters.